The van der Waals surface area contributed by atoms with E-state index in [0.717, 1.165) is 17.8 Å². The lowest BCUT2D eigenvalue weighted by Gasteiger charge is -2.11. The molecule has 0 atom stereocenters. The van der Waals surface area contributed by atoms with Gasteiger partial charge in [0.15, 0.2) is 0 Å². The Labute approximate surface area is 110 Å². The Bertz CT molecular complexity index is 541. The van der Waals surface area contributed by atoms with Gasteiger partial charge in [0.2, 0.25) is 0 Å². The van der Waals surface area contributed by atoms with Gasteiger partial charge in [-0.05, 0) is 12.1 Å². The summed E-state index contributed by atoms with van der Waals surface area (Å²) in [7, 11) is 0. The first-order valence-corrected chi connectivity index (χ1v) is 6.10. The van der Waals surface area contributed by atoms with Crippen LogP contribution in [0.5, 0.6) is 0 Å². The second kappa shape index (κ2) is 5.41. The molecular weight excluding hydrogens is 279 g/mol. The van der Waals surface area contributed by atoms with Crippen molar-refractivity contribution in [3.05, 3.63) is 34.3 Å². The molecule has 0 aliphatic heterocycles. The largest absolute Gasteiger partial charge is 0.416 e. The van der Waals surface area contributed by atoms with Gasteiger partial charge in [0.1, 0.15) is 11.6 Å². The highest BCUT2D eigenvalue weighted by atomic mass is 32.1. The maximum Gasteiger partial charge on any atom is 0.416 e. The minimum Gasteiger partial charge on any atom is -0.364 e. The van der Waals surface area contributed by atoms with Crippen molar-refractivity contribution in [3.8, 4) is 0 Å². The molecule has 102 valence electrons. The number of aromatic nitrogens is 2. The molecule has 5 nitrogen and oxygen atoms in total. The lowest BCUT2D eigenvalue weighted by Crippen LogP contribution is -2.14. The van der Waals surface area contributed by atoms with Crippen LogP contribution in [0.15, 0.2) is 23.0 Å². The SMILES string of the molecule is NNc1cc(C(F)(F)F)cc(NCc2cscn2)n1. The normalized spacial score (nSPS) is 11.4. The second-order valence-electron chi connectivity index (χ2n) is 3.60. The van der Waals surface area contributed by atoms with Gasteiger partial charge in [0.25, 0.3) is 0 Å². The third-order valence-electron chi connectivity index (χ3n) is 2.23. The van der Waals surface area contributed by atoms with Crippen LogP contribution < -0.4 is 16.6 Å². The van der Waals surface area contributed by atoms with Crippen LogP contribution in [-0.4, -0.2) is 9.97 Å². The molecule has 0 radical (unpaired) electrons. The van der Waals surface area contributed by atoms with E-state index in [1.807, 2.05) is 0 Å². The zero-order valence-corrected chi connectivity index (χ0v) is 10.3. The van der Waals surface area contributed by atoms with Crippen LogP contribution in [-0.2, 0) is 12.7 Å². The molecule has 0 aromatic carbocycles. The number of nitrogens with zero attached hydrogens (tertiary/aromatic N) is 2. The van der Waals surface area contributed by atoms with Gasteiger partial charge in [-0.25, -0.2) is 15.8 Å². The first-order chi connectivity index (χ1) is 8.99. The molecule has 0 aliphatic carbocycles. The van der Waals surface area contributed by atoms with Crippen LogP contribution in [0.1, 0.15) is 11.3 Å². The Balaban J connectivity index is 2.19. The van der Waals surface area contributed by atoms with Crippen molar-refractivity contribution in [2.24, 2.45) is 5.84 Å². The zero-order valence-electron chi connectivity index (χ0n) is 9.53. The molecule has 0 spiro atoms. The number of pyridine rings is 1. The van der Waals surface area contributed by atoms with Gasteiger partial charge in [0, 0.05) is 5.38 Å². The summed E-state index contributed by atoms with van der Waals surface area (Å²) in [4.78, 5) is 7.90. The van der Waals surface area contributed by atoms with Crippen molar-refractivity contribution < 1.29 is 13.2 Å². The van der Waals surface area contributed by atoms with Gasteiger partial charge in [-0.15, -0.1) is 11.3 Å². The Morgan fingerprint density at radius 1 is 1.26 bits per heavy atom. The lowest BCUT2D eigenvalue weighted by molar-refractivity contribution is -0.137. The van der Waals surface area contributed by atoms with E-state index in [2.05, 4.69) is 20.7 Å². The number of hydrogen-bond acceptors (Lipinski definition) is 6. The number of anilines is 2. The average Bonchev–Trinajstić information content (AvgIpc) is 2.88. The third kappa shape index (κ3) is 3.55. The number of hydrogen-bond donors (Lipinski definition) is 3. The van der Waals surface area contributed by atoms with Gasteiger partial charge < -0.3 is 10.7 Å². The maximum absolute atomic E-state index is 12.7. The van der Waals surface area contributed by atoms with Gasteiger partial charge in [0.05, 0.1) is 23.3 Å². The molecule has 0 unspecified atom stereocenters. The van der Waals surface area contributed by atoms with Gasteiger partial charge in [-0.3, -0.25) is 0 Å². The van der Waals surface area contributed by atoms with E-state index in [1.165, 1.54) is 11.3 Å². The molecule has 9 heteroatoms. The molecule has 0 amide bonds. The molecule has 2 aromatic heterocycles. The smallest absolute Gasteiger partial charge is 0.364 e. The first-order valence-electron chi connectivity index (χ1n) is 5.16. The van der Waals surface area contributed by atoms with Gasteiger partial charge in [-0.2, -0.15) is 13.2 Å². The first kappa shape index (κ1) is 13.6. The highest BCUT2D eigenvalue weighted by Crippen LogP contribution is 2.31. The maximum atomic E-state index is 12.7. The number of alkyl halides is 3. The second-order valence-corrected chi connectivity index (χ2v) is 4.32. The van der Waals surface area contributed by atoms with Crippen molar-refractivity contribution in [2.75, 3.05) is 10.7 Å². The molecule has 0 saturated heterocycles. The quantitative estimate of drug-likeness (QED) is 0.595. The number of nitrogen functional groups attached to an aromatic ring is 1. The fourth-order valence-corrected chi connectivity index (χ4v) is 1.92. The predicted octanol–water partition coefficient (Wildman–Crippen LogP) is 2.45. The van der Waals surface area contributed by atoms with Crippen molar-refractivity contribution >= 4 is 23.0 Å². The van der Waals surface area contributed by atoms with Crippen LogP contribution in [0, 0.1) is 0 Å². The molecule has 0 saturated carbocycles. The minimum absolute atomic E-state index is 0.0596. The number of hydrazine groups is 1. The van der Waals surface area contributed by atoms with Crippen molar-refractivity contribution in [3.63, 3.8) is 0 Å². The fourth-order valence-electron chi connectivity index (χ4n) is 1.36. The van der Waals surface area contributed by atoms with Gasteiger partial charge in [-0.1, -0.05) is 0 Å². The summed E-state index contributed by atoms with van der Waals surface area (Å²) in [5, 5.41) is 4.57. The Morgan fingerprint density at radius 2 is 2.00 bits per heavy atom. The van der Waals surface area contributed by atoms with E-state index in [1.54, 1.807) is 10.9 Å². The lowest BCUT2D eigenvalue weighted by atomic mass is 10.2. The zero-order chi connectivity index (χ0) is 13.9. The summed E-state index contributed by atoms with van der Waals surface area (Å²) in [5.74, 6) is 5.12. The fraction of sp³-hybridized carbons (Fsp3) is 0.200. The monoisotopic (exact) mass is 289 g/mol. The highest BCUT2D eigenvalue weighted by Gasteiger charge is 2.31. The van der Waals surface area contributed by atoms with Gasteiger partial charge >= 0.3 is 6.18 Å². The number of rotatable bonds is 4. The standard InChI is InChI=1S/C10H10F3N5S/c11-10(12,13)6-1-8(17-9(2-6)18-14)15-3-7-4-19-5-16-7/h1-2,4-5H,3,14H2,(H2,15,17,18). The van der Waals surface area contributed by atoms with E-state index < -0.39 is 11.7 Å². The van der Waals surface area contributed by atoms with Crippen molar-refractivity contribution in [1.29, 1.82) is 0 Å². The summed E-state index contributed by atoms with van der Waals surface area (Å²) in [5.41, 5.74) is 3.66. The predicted molar refractivity (Wildman–Crippen MR) is 66.5 cm³/mol. The number of nitrogens with one attached hydrogen (secondary N) is 2. The molecule has 0 fully saturated rings. The molecule has 0 bridgehead atoms. The molecule has 2 heterocycles. The van der Waals surface area contributed by atoms with E-state index in [0.29, 0.717) is 6.54 Å². The van der Waals surface area contributed by atoms with E-state index in [4.69, 9.17) is 5.84 Å². The number of halogens is 3. The van der Waals surface area contributed by atoms with E-state index >= 15 is 0 Å². The molecule has 19 heavy (non-hydrogen) atoms. The number of thiazole rings is 1. The molecular formula is C10H10F3N5S. The van der Waals surface area contributed by atoms with Crippen LogP contribution in [0.25, 0.3) is 0 Å². The Morgan fingerprint density at radius 3 is 2.58 bits per heavy atom. The highest BCUT2D eigenvalue weighted by molar-refractivity contribution is 7.07. The van der Waals surface area contributed by atoms with Crippen molar-refractivity contribution in [1.82, 2.24) is 9.97 Å². The third-order valence-corrected chi connectivity index (χ3v) is 2.87. The topological polar surface area (TPSA) is 75.9 Å². The Kier molecular flexibility index (Phi) is 3.86. The van der Waals surface area contributed by atoms with E-state index in [-0.39, 0.29) is 11.6 Å². The average molecular weight is 289 g/mol. The molecule has 2 rings (SSSR count). The van der Waals surface area contributed by atoms with E-state index in [9.17, 15) is 13.2 Å². The van der Waals surface area contributed by atoms with Crippen LogP contribution in [0.3, 0.4) is 0 Å². The molecule has 0 aliphatic rings. The van der Waals surface area contributed by atoms with Crippen LogP contribution in [0.4, 0.5) is 24.8 Å². The van der Waals surface area contributed by atoms with Crippen LogP contribution in [0.2, 0.25) is 0 Å². The Hall–Kier alpha value is -1.87. The summed E-state index contributed by atoms with van der Waals surface area (Å²) < 4.78 is 38.0. The summed E-state index contributed by atoms with van der Waals surface area (Å²) in [6.07, 6.45) is -4.45. The molecule has 4 N–H and O–H groups in total. The summed E-state index contributed by atoms with van der Waals surface area (Å²) in [6, 6.07) is 1.77. The van der Waals surface area contributed by atoms with Crippen molar-refractivity contribution in [2.45, 2.75) is 12.7 Å². The summed E-state index contributed by atoms with van der Waals surface area (Å²) in [6.45, 7) is 0.293. The minimum atomic E-state index is -4.45. The summed E-state index contributed by atoms with van der Waals surface area (Å²) >= 11 is 1.41. The number of nitrogens with two attached hydrogens (primary N) is 1. The molecule has 2 aromatic rings. The van der Waals surface area contributed by atoms with Crippen LogP contribution >= 0.6 is 11.3 Å².